The molecule has 4 N–H and O–H groups in total. The molecule has 2 aromatic rings. The topological polar surface area (TPSA) is 141 Å². The van der Waals surface area contributed by atoms with Crippen LogP contribution < -0.4 is 16.0 Å². The number of rotatable bonds is 9. The number of aliphatic hydroxyl groups excluding tert-OH is 1. The molecule has 1 aliphatic heterocycles. The number of thiazole rings is 1. The zero-order valence-corrected chi connectivity index (χ0v) is 24.8. The van der Waals surface area contributed by atoms with Gasteiger partial charge < -0.3 is 26.0 Å². The summed E-state index contributed by atoms with van der Waals surface area (Å²) in [5, 5.41) is 18.5. The molecule has 1 saturated carbocycles. The summed E-state index contributed by atoms with van der Waals surface area (Å²) in [5.41, 5.74) is 1.59. The summed E-state index contributed by atoms with van der Waals surface area (Å²) in [7, 11) is 1.51. The Morgan fingerprint density at radius 2 is 1.83 bits per heavy atom. The quantitative estimate of drug-likeness (QED) is 0.355. The second-order valence-corrected chi connectivity index (χ2v) is 12.8. The Balaban J connectivity index is 1.54. The molecule has 222 valence electrons. The standard InChI is InChI=1S/C29H38FN5O5S/c1-16-23(41-15-32-16)18-8-6-17(7-9-18)20(13-22(37)31-5)33-25(38)21-12-19(36)14-35(21)26(39)24(28(2,3)4)34-27(40)29(30)10-11-29/h6-9,15,19-21,24,36H,10-14H2,1-5H3,(H,31,37)(H,33,38)(H,34,40)/t19-,20+,21?,24?/m1/s1. The zero-order valence-electron chi connectivity index (χ0n) is 24.0. The Morgan fingerprint density at radius 3 is 2.37 bits per heavy atom. The minimum Gasteiger partial charge on any atom is -0.391 e. The third kappa shape index (κ3) is 6.92. The second-order valence-electron chi connectivity index (χ2n) is 12.0. The average molecular weight is 588 g/mol. The molecule has 1 aliphatic carbocycles. The van der Waals surface area contributed by atoms with Crippen LogP contribution in [0.25, 0.3) is 10.4 Å². The van der Waals surface area contributed by atoms with Gasteiger partial charge >= 0.3 is 0 Å². The summed E-state index contributed by atoms with van der Waals surface area (Å²) in [6.07, 6.45) is -0.791. The van der Waals surface area contributed by atoms with Crippen molar-refractivity contribution in [1.82, 2.24) is 25.8 Å². The van der Waals surface area contributed by atoms with Gasteiger partial charge in [-0.15, -0.1) is 11.3 Å². The highest BCUT2D eigenvalue weighted by atomic mass is 32.1. The predicted molar refractivity (Wildman–Crippen MR) is 152 cm³/mol. The lowest BCUT2D eigenvalue weighted by atomic mass is 9.85. The minimum atomic E-state index is -1.97. The van der Waals surface area contributed by atoms with Crippen LogP contribution in [-0.2, 0) is 19.2 Å². The third-order valence-electron chi connectivity index (χ3n) is 7.65. The number of carbonyl (C=O) groups is 4. The highest BCUT2D eigenvalue weighted by molar-refractivity contribution is 7.13. The van der Waals surface area contributed by atoms with E-state index in [-0.39, 0.29) is 38.1 Å². The molecule has 4 rings (SSSR count). The van der Waals surface area contributed by atoms with Gasteiger partial charge in [0, 0.05) is 20.0 Å². The lowest BCUT2D eigenvalue weighted by Gasteiger charge is -2.36. The highest BCUT2D eigenvalue weighted by Gasteiger charge is 2.53. The van der Waals surface area contributed by atoms with Gasteiger partial charge in [0.2, 0.25) is 17.7 Å². The van der Waals surface area contributed by atoms with E-state index in [2.05, 4.69) is 20.9 Å². The number of benzene rings is 1. The maximum atomic E-state index is 14.4. The summed E-state index contributed by atoms with van der Waals surface area (Å²) < 4.78 is 14.4. The average Bonchev–Trinajstić information content (AvgIpc) is 3.33. The molecule has 0 radical (unpaired) electrons. The molecule has 12 heteroatoms. The first-order chi connectivity index (χ1) is 19.2. The number of halogens is 1. The molecule has 2 aliphatic rings. The first kappa shape index (κ1) is 30.6. The Hall–Kier alpha value is -3.38. The fourth-order valence-electron chi connectivity index (χ4n) is 4.97. The Bertz CT molecular complexity index is 1300. The number of hydrogen-bond acceptors (Lipinski definition) is 7. The van der Waals surface area contributed by atoms with E-state index in [1.54, 1.807) is 26.3 Å². The maximum Gasteiger partial charge on any atom is 0.258 e. The van der Waals surface area contributed by atoms with E-state index in [1.165, 1.54) is 23.3 Å². The molecule has 0 bridgehead atoms. The van der Waals surface area contributed by atoms with Crippen molar-refractivity contribution in [3.63, 3.8) is 0 Å². The van der Waals surface area contributed by atoms with Crippen molar-refractivity contribution in [3.05, 3.63) is 41.0 Å². The number of alkyl halides is 1. The van der Waals surface area contributed by atoms with Gasteiger partial charge in [-0.25, -0.2) is 9.37 Å². The van der Waals surface area contributed by atoms with E-state index in [0.29, 0.717) is 5.56 Å². The van der Waals surface area contributed by atoms with Gasteiger partial charge in [0.1, 0.15) is 12.1 Å². The summed E-state index contributed by atoms with van der Waals surface area (Å²) in [5.74, 6) is -2.23. The number of aliphatic hydroxyl groups is 1. The van der Waals surface area contributed by atoms with Gasteiger partial charge in [-0.05, 0) is 36.3 Å². The lowest BCUT2D eigenvalue weighted by molar-refractivity contribution is -0.145. The molecule has 2 unspecified atom stereocenters. The molecule has 10 nitrogen and oxygen atoms in total. The van der Waals surface area contributed by atoms with Crippen molar-refractivity contribution in [3.8, 4) is 10.4 Å². The number of aromatic nitrogens is 1. The van der Waals surface area contributed by atoms with Crippen LogP contribution in [0.5, 0.6) is 0 Å². The van der Waals surface area contributed by atoms with E-state index < -0.39 is 53.0 Å². The Labute approximate surface area is 243 Å². The fourth-order valence-corrected chi connectivity index (χ4v) is 5.78. The molecular formula is C29H38FN5O5S. The minimum absolute atomic E-state index is 0.00822. The molecular weight excluding hydrogens is 549 g/mol. The lowest BCUT2D eigenvalue weighted by Crippen LogP contribution is -2.59. The largest absolute Gasteiger partial charge is 0.391 e. The van der Waals surface area contributed by atoms with Crippen molar-refractivity contribution in [1.29, 1.82) is 0 Å². The first-order valence-electron chi connectivity index (χ1n) is 13.7. The number of aryl methyl sites for hydroxylation is 1. The zero-order chi connectivity index (χ0) is 30.1. The van der Waals surface area contributed by atoms with Crippen LogP contribution in [0.15, 0.2) is 29.8 Å². The van der Waals surface area contributed by atoms with E-state index >= 15 is 0 Å². The number of nitrogens with one attached hydrogen (secondary N) is 3. The number of likely N-dealkylation sites (tertiary alicyclic amines) is 1. The van der Waals surface area contributed by atoms with Crippen LogP contribution in [0.3, 0.4) is 0 Å². The van der Waals surface area contributed by atoms with Crippen molar-refractivity contribution in [2.45, 2.75) is 83.3 Å². The summed E-state index contributed by atoms with van der Waals surface area (Å²) >= 11 is 1.52. The highest BCUT2D eigenvalue weighted by Crippen LogP contribution is 2.40. The first-order valence-corrected chi connectivity index (χ1v) is 14.6. The molecule has 41 heavy (non-hydrogen) atoms. The SMILES string of the molecule is CNC(=O)C[C@H](NC(=O)C1C[C@@H](O)CN1C(=O)C(NC(=O)C1(F)CC1)C(C)(C)C)c1ccc(-c2scnc2C)cc1. The summed E-state index contributed by atoms with van der Waals surface area (Å²) in [6, 6.07) is 4.65. The Morgan fingerprint density at radius 1 is 1.17 bits per heavy atom. The van der Waals surface area contributed by atoms with Gasteiger partial charge in [-0.3, -0.25) is 19.2 Å². The van der Waals surface area contributed by atoms with E-state index in [9.17, 15) is 28.7 Å². The van der Waals surface area contributed by atoms with Crippen LogP contribution in [-0.4, -0.2) is 76.1 Å². The van der Waals surface area contributed by atoms with Gasteiger partial charge in [0.15, 0.2) is 5.67 Å². The molecule has 1 aromatic carbocycles. The molecule has 1 aromatic heterocycles. The normalized spacial score (nSPS) is 21.1. The van der Waals surface area contributed by atoms with E-state index in [1.807, 2.05) is 31.2 Å². The number of nitrogens with zero attached hydrogens (tertiary/aromatic N) is 2. The van der Waals surface area contributed by atoms with Crippen molar-refractivity contribution < 1.29 is 28.7 Å². The van der Waals surface area contributed by atoms with Crippen molar-refractivity contribution >= 4 is 35.0 Å². The number of hydrogen-bond donors (Lipinski definition) is 4. The number of carbonyl (C=O) groups excluding carboxylic acids is 4. The van der Waals surface area contributed by atoms with Crippen LogP contribution >= 0.6 is 11.3 Å². The van der Waals surface area contributed by atoms with Gasteiger partial charge in [0.05, 0.1) is 34.6 Å². The van der Waals surface area contributed by atoms with Gasteiger partial charge in [0.25, 0.3) is 5.91 Å². The van der Waals surface area contributed by atoms with E-state index in [0.717, 1.165) is 16.1 Å². The van der Waals surface area contributed by atoms with E-state index in [4.69, 9.17) is 0 Å². The third-order valence-corrected chi connectivity index (χ3v) is 8.63. The van der Waals surface area contributed by atoms with Crippen molar-refractivity contribution in [2.24, 2.45) is 5.41 Å². The van der Waals surface area contributed by atoms with Crippen LogP contribution in [0.4, 0.5) is 4.39 Å². The fraction of sp³-hybridized carbons (Fsp3) is 0.552. The molecule has 4 atom stereocenters. The van der Waals surface area contributed by atoms with Gasteiger partial charge in [-0.2, -0.15) is 0 Å². The molecule has 0 spiro atoms. The molecule has 1 saturated heterocycles. The second kappa shape index (κ2) is 11.8. The van der Waals surface area contributed by atoms with Gasteiger partial charge in [-0.1, -0.05) is 45.0 Å². The van der Waals surface area contributed by atoms with Crippen LogP contribution in [0.1, 0.15) is 63.8 Å². The van der Waals surface area contributed by atoms with Crippen molar-refractivity contribution in [2.75, 3.05) is 13.6 Å². The maximum absolute atomic E-state index is 14.4. The number of amides is 4. The number of β-amino-alcohol motifs (C(OH)–C–C–N with tert-alkyl or cyclic N) is 1. The summed E-state index contributed by atoms with van der Waals surface area (Å²) in [4.78, 5) is 58.8. The molecule has 2 fully saturated rings. The predicted octanol–water partition coefficient (Wildman–Crippen LogP) is 2.41. The molecule has 2 heterocycles. The monoisotopic (exact) mass is 587 g/mol. The summed E-state index contributed by atoms with van der Waals surface area (Å²) in [6.45, 7) is 7.04. The van der Waals surface area contributed by atoms with Crippen LogP contribution in [0, 0.1) is 12.3 Å². The smallest absolute Gasteiger partial charge is 0.258 e. The molecule has 4 amide bonds. The van der Waals surface area contributed by atoms with Crippen LogP contribution in [0.2, 0.25) is 0 Å². The Kier molecular flexibility index (Phi) is 8.84.